The van der Waals surface area contributed by atoms with Crippen LogP contribution in [0.3, 0.4) is 0 Å². The fourth-order valence-electron chi connectivity index (χ4n) is 3.33. The van der Waals surface area contributed by atoms with Crippen LogP contribution in [0.2, 0.25) is 0 Å². The monoisotopic (exact) mass is 303 g/mol. The van der Waals surface area contributed by atoms with E-state index < -0.39 is 10.0 Å². The van der Waals surface area contributed by atoms with E-state index in [-0.39, 0.29) is 11.3 Å². The fourth-order valence-corrected chi connectivity index (χ4v) is 5.07. The number of sulfonamides is 1. The molecule has 2 fully saturated rings. The van der Waals surface area contributed by atoms with Crippen LogP contribution >= 0.6 is 0 Å². The highest BCUT2D eigenvalue weighted by molar-refractivity contribution is 7.89. The average Bonchev–Trinajstić information content (AvgIpc) is 2.84. The van der Waals surface area contributed by atoms with Crippen molar-refractivity contribution in [3.63, 3.8) is 0 Å². The van der Waals surface area contributed by atoms with Crippen LogP contribution in [0.4, 0.5) is 0 Å². The van der Waals surface area contributed by atoms with Gasteiger partial charge in [-0.15, -0.1) is 0 Å². The first-order valence-electron chi connectivity index (χ1n) is 7.92. The first-order chi connectivity index (χ1) is 9.46. The molecule has 0 radical (unpaired) electrons. The summed E-state index contributed by atoms with van der Waals surface area (Å²) in [5.41, 5.74) is 0. The molecule has 0 aromatic heterocycles. The Bertz CT molecular complexity index is 413. The zero-order chi connectivity index (χ0) is 14.8. The molecule has 2 heterocycles. The van der Waals surface area contributed by atoms with Crippen molar-refractivity contribution >= 4 is 10.0 Å². The fraction of sp³-hybridized carbons (Fsp3) is 1.00. The van der Waals surface area contributed by atoms with Crippen molar-refractivity contribution in [1.29, 1.82) is 0 Å². The third-order valence-electron chi connectivity index (χ3n) is 4.57. The van der Waals surface area contributed by atoms with Crippen LogP contribution in [0.25, 0.3) is 0 Å². The van der Waals surface area contributed by atoms with E-state index in [0.29, 0.717) is 19.1 Å². The quantitative estimate of drug-likeness (QED) is 0.740. The number of fused-ring (bicyclic) bond motifs is 1. The van der Waals surface area contributed by atoms with E-state index >= 15 is 0 Å². The summed E-state index contributed by atoms with van der Waals surface area (Å²) >= 11 is 0. The third kappa shape index (κ3) is 3.35. The number of rotatable bonds is 6. The van der Waals surface area contributed by atoms with Crippen LogP contribution < -0.4 is 5.32 Å². The van der Waals surface area contributed by atoms with Gasteiger partial charge in [-0.1, -0.05) is 6.92 Å². The number of nitrogens with one attached hydrogen (secondary N) is 1. The first-order valence-corrected chi connectivity index (χ1v) is 9.42. The minimum absolute atomic E-state index is 0.1000. The maximum absolute atomic E-state index is 12.7. The molecule has 0 spiro atoms. The Morgan fingerprint density at radius 3 is 2.80 bits per heavy atom. The molecule has 2 rings (SSSR count). The zero-order valence-corrected chi connectivity index (χ0v) is 13.8. The Hall–Kier alpha value is -0.170. The predicted molar refractivity (Wildman–Crippen MR) is 82.3 cm³/mol. The number of piperazine rings is 1. The van der Waals surface area contributed by atoms with Gasteiger partial charge in [0.25, 0.3) is 0 Å². The van der Waals surface area contributed by atoms with Crippen molar-refractivity contribution in [2.24, 2.45) is 0 Å². The Balaban J connectivity index is 2.00. The highest BCUT2D eigenvalue weighted by atomic mass is 32.2. The maximum atomic E-state index is 12.7. The summed E-state index contributed by atoms with van der Waals surface area (Å²) in [6.45, 7) is 10.1. The van der Waals surface area contributed by atoms with E-state index in [1.807, 2.05) is 13.8 Å². The van der Waals surface area contributed by atoms with E-state index in [2.05, 4.69) is 17.1 Å². The van der Waals surface area contributed by atoms with Crippen LogP contribution in [-0.4, -0.2) is 67.7 Å². The van der Waals surface area contributed by atoms with Gasteiger partial charge in [0.15, 0.2) is 0 Å². The lowest BCUT2D eigenvalue weighted by molar-refractivity contribution is 0.116. The summed E-state index contributed by atoms with van der Waals surface area (Å²) in [4.78, 5) is 2.46. The summed E-state index contributed by atoms with van der Waals surface area (Å²) in [5, 5.41) is 2.88. The number of nitrogens with zero attached hydrogens (tertiary/aromatic N) is 2. The molecule has 2 saturated heterocycles. The Morgan fingerprint density at radius 1 is 1.35 bits per heavy atom. The summed E-state index contributed by atoms with van der Waals surface area (Å²) in [7, 11) is -3.19. The van der Waals surface area contributed by atoms with Crippen LogP contribution in [-0.2, 0) is 10.0 Å². The molecule has 0 bridgehead atoms. The SMILES string of the molecule is CCCNCC(C)S(=O)(=O)N1CC2CCCN2CC1C. The van der Waals surface area contributed by atoms with Gasteiger partial charge in [-0.05, 0) is 46.2 Å². The van der Waals surface area contributed by atoms with Crippen molar-refractivity contribution in [3.8, 4) is 0 Å². The first kappa shape index (κ1) is 16.2. The van der Waals surface area contributed by atoms with Crippen molar-refractivity contribution < 1.29 is 8.42 Å². The van der Waals surface area contributed by atoms with Crippen LogP contribution in [0.1, 0.15) is 40.0 Å². The molecular formula is C14H29N3O2S. The lowest BCUT2D eigenvalue weighted by Gasteiger charge is -2.42. The van der Waals surface area contributed by atoms with E-state index in [9.17, 15) is 8.42 Å². The Kier molecular flexibility index (Phi) is 5.45. The molecule has 2 aliphatic heterocycles. The molecule has 0 aromatic carbocycles. The summed E-state index contributed by atoms with van der Waals surface area (Å²) in [6.07, 6.45) is 3.38. The lowest BCUT2D eigenvalue weighted by atomic mass is 10.1. The molecule has 118 valence electrons. The number of hydrogen-bond acceptors (Lipinski definition) is 4. The van der Waals surface area contributed by atoms with Crippen molar-refractivity contribution in [3.05, 3.63) is 0 Å². The van der Waals surface area contributed by atoms with E-state index in [0.717, 1.165) is 32.5 Å². The van der Waals surface area contributed by atoms with Gasteiger partial charge in [0.2, 0.25) is 10.0 Å². The molecule has 0 saturated carbocycles. The van der Waals surface area contributed by atoms with E-state index in [1.165, 1.54) is 6.42 Å². The van der Waals surface area contributed by atoms with Gasteiger partial charge in [-0.3, -0.25) is 4.90 Å². The van der Waals surface area contributed by atoms with Crippen molar-refractivity contribution in [1.82, 2.24) is 14.5 Å². The third-order valence-corrected chi connectivity index (χ3v) is 6.92. The van der Waals surface area contributed by atoms with Gasteiger partial charge in [0.1, 0.15) is 0 Å². The largest absolute Gasteiger partial charge is 0.315 e. The predicted octanol–water partition coefficient (Wildman–Crippen LogP) is 0.873. The van der Waals surface area contributed by atoms with Gasteiger partial charge in [-0.2, -0.15) is 4.31 Å². The lowest BCUT2D eigenvalue weighted by Crippen LogP contribution is -2.58. The van der Waals surface area contributed by atoms with Crippen molar-refractivity contribution in [2.75, 3.05) is 32.7 Å². The summed E-state index contributed by atoms with van der Waals surface area (Å²) in [6, 6.07) is 0.541. The molecule has 3 atom stereocenters. The second-order valence-electron chi connectivity index (χ2n) is 6.27. The van der Waals surface area contributed by atoms with Gasteiger partial charge in [0.05, 0.1) is 5.25 Å². The van der Waals surface area contributed by atoms with Crippen LogP contribution in [0.5, 0.6) is 0 Å². The minimum Gasteiger partial charge on any atom is -0.315 e. The average molecular weight is 303 g/mol. The van der Waals surface area contributed by atoms with Gasteiger partial charge in [-0.25, -0.2) is 8.42 Å². The molecule has 0 amide bonds. The summed E-state index contributed by atoms with van der Waals surface area (Å²) < 4.78 is 27.3. The molecule has 1 N–H and O–H groups in total. The Labute approximate surface area is 123 Å². The molecule has 0 aromatic rings. The second kappa shape index (κ2) is 6.73. The van der Waals surface area contributed by atoms with Crippen LogP contribution in [0, 0.1) is 0 Å². The van der Waals surface area contributed by atoms with Gasteiger partial charge < -0.3 is 5.32 Å². The van der Waals surface area contributed by atoms with Crippen molar-refractivity contribution in [2.45, 2.75) is 57.4 Å². The second-order valence-corrected chi connectivity index (χ2v) is 8.57. The zero-order valence-electron chi connectivity index (χ0n) is 13.0. The molecule has 2 aliphatic rings. The van der Waals surface area contributed by atoms with E-state index in [4.69, 9.17) is 0 Å². The highest BCUT2D eigenvalue weighted by Gasteiger charge is 2.41. The molecule has 6 heteroatoms. The highest BCUT2D eigenvalue weighted by Crippen LogP contribution is 2.27. The van der Waals surface area contributed by atoms with Gasteiger partial charge in [0, 0.05) is 31.7 Å². The van der Waals surface area contributed by atoms with Crippen LogP contribution in [0.15, 0.2) is 0 Å². The topological polar surface area (TPSA) is 52.7 Å². The van der Waals surface area contributed by atoms with Gasteiger partial charge >= 0.3 is 0 Å². The smallest absolute Gasteiger partial charge is 0.218 e. The minimum atomic E-state index is -3.19. The van der Waals surface area contributed by atoms with E-state index in [1.54, 1.807) is 4.31 Å². The summed E-state index contributed by atoms with van der Waals surface area (Å²) in [5.74, 6) is 0. The molecule has 3 unspecified atom stereocenters. The number of hydrogen-bond donors (Lipinski definition) is 1. The molecule has 5 nitrogen and oxygen atoms in total. The standard InChI is InChI=1S/C14H29N3O2S/c1-4-7-15-9-13(3)20(18,19)17-11-14-6-5-8-16(14)10-12(17)2/h12-15H,4-11H2,1-3H3. The molecule has 20 heavy (non-hydrogen) atoms. The Morgan fingerprint density at radius 2 is 2.10 bits per heavy atom. The normalized spacial score (nSPS) is 30.4. The molecular weight excluding hydrogens is 274 g/mol. The maximum Gasteiger partial charge on any atom is 0.218 e. The molecule has 0 aliphatic carbocycles.